The number of anilines is 1. The number of benzene rings is 2. The molecule has 9 heteroatoms. The molecule has 32 heavy (non-hydrogen) atoms. The Balaban J connectivity index is 2.10. The fraction of sp³-hybridized carbons (Fsp3) is 0.217. The van der Waals surface area contributed by atoms with Gasteiger partial charge in [-0.15, -0.1) is 0 Å². The van der Waals surface area contributed by atoms with Gasteiger partial charge in [-0.2, -0.15) is 0 Å². The van der Waals surface area contributed by atoms with E-state index >= 15 is 0 Å². The number of nitrogens with one attached hydrogen (secondary N) is 1. The first-order valence-corrected chi connectivity index (χ1v) is 10.1. The van der Waals surface area contributed by atoms with E-state index in [4.69, 9.17) is 21.7 Å². The number of carboxylic acids is 1. The molecule has 1 atom stereocenters. The Hall–Kier alpha value is -3.72. The molecule has 8 nitrogen and oxygen atoms in total. The van der Waals surface area contributed by atoms with Crippen LogP contribution in [-0.2, 0) is 14.4 Å². The van der Waals surface area contributed by atoms with E-state index in [-0.39, 0.29) is 22.2 Å². The molecule has 2 N–H and O–H groups in total. The van der Waals surface area contributed by atoms with E-state index in [0.29, 0.717) is 11.3 Å². The number of methoxy groups -OCH3 is 1. The lowest BCUT2D eigenvalue weighted by molar-refractivity contribution is -0.144. The number of aryl methyl sites for hydroxylation is 1. The van der Waals surface area contributed by atoms with Gasteiger partial charge in [-0.25, -0.2) is 4.79 Å². The number of hydrogen-bond acceptors (Lipinski definition) is 6. The van der Waals surface area contributed by atoms with Gasteiger partial charge in [0.25, 0.3) is 11.8 Å². The van der Waals surface area contributed by atoms with Gasteiger partial charge in [0.05, 0.1) is 12.8 Å². The maximum Gasteiger partial charge on any atom is 0.344 e. The van der Waals surface area contributed by atoms with Crippen molar-refractivity contribution < 1.29 is 29.0 Å². The average molecular weight is 455 g/mol. The molecule has 0 aliphatic carbocycles. The van der Waals surface area contributed by atoms with Crippen LogP contribution in [0, 0.1) is 13.8 Å². The number of nitrogens with zero attached hydrogens (tertiary/aromatic N) is 1. The van der Waals surface area contributed by atoms with Crippen LogP contribution in [0.1, 0.15) is 23.6 Å². The number of carboxylic acid groups (broad SMARTS) is 1. The summed E-state index contributed by atoms with van der Waals surface area (Å²) in [5.74, 6) is -2.08. The third kappa shape index (κ3) is 4.33. The van der Waals surface area contributed by atoms with Crippen LogP contribution in [0.25, 0.3) is 6.08 Å². The Morgan fingerprint density at radius 3 is 2.53 bits per heavy atom. The Bertz CT molecular complexity index is 1160. The topological polar surface area (TPSA) is 105 Å². The maximum atomic E-state index is 13.4. The summed E-state index contributed by atoms with van der Waals surface area (Å²) in [6.45, 7) is 5.14. The number of aliphatic carboxylic acids is 1. The molecule has 0 spiro atoms. The normalized spacial score (nSPS) is 16.1. The SMILES string of the molecule is COc1cccc(/C=C2\C(=O)NC(=S)N(c3cccc(C)c3C)C2=O)c1O[C@H](C)C(=O)O. The van der Waals surface area contributed by atoms with Gasteiger partial charge in [0.2, 0.25) is 0 Å². The molecular weight excluding hydrogens is 432 g/mol. The van der Waals surface area contributed by atoms with Crippen molar-refractivity contribution in [1.82, 2.24) is 5.32 Å². The van der Waals surface area contributed by atoms with Crippen LogP contribution >= 0.6 is 12.2 Å². The van der Waals surface area contributed by atoms with Crippen molar-refractivity contribution in [2.45, 2.75) is 26.9 Å². The van der Waals surface area contributed by atoms with Gasteiger partial charge >= 0.3 is 5.97 Å². The molecule has 2 aromatic rings. The highest BCUT2D eigenvalue weighted by Crippen LogP contribution is 2.34. The summed E-state index contributed by atoms with van der Waals surface area (Å²) in [6.07, 6.45) is 0.155. The largest absolute Gasteiger partial charge is 0.493 e. The van der Waals surface area contributed by atoms with Gasteiger partial charge in [0, 0.05) is 5.56 Å². The lowest BCUT2D eigenvalue weighted by Crippen LogP contribution is -2.54. The molecule has 1 aliphatic heterocycles. The standard InChI is InChI=1S/C23H22N2O6S/c1-12-7-5-9-17(13(12)2)25-21(27)16(20(26)24-23(25)32)11-15-8-6-10-18(30-4)19(15)31-14(3)22(28)29/h5-11,14H,1-4H3,(H,28,29)(H,24,26,32)/b16-11+/t14-/m1/s1. The predicted octanol–water partition coefficient (Wildman–Crippen LogP) is 3.00. The van der Waals surface area contributed by atoms with E-state index in [1.54, 1.807) is 30.3 Å². The zero-order valence-electron chi connectivity index (χ0n) is 18.0. The lowest BCUT2D eigenvalue weighted by atomic mass is 10.0. The minimum Gasteiger partial charge on any atom is -0.493 e. The van der Waals surface area contributed by atoms with Gasteiger partial charge in [-0.1, -0.05) is 24.3 Å². The molecule has 1 saturated heterocycles. The Morgan fingerprint density at radius 1 is 1.19 bits per heavy atom. The minimum atomic E-state index is -1.18. The van der Waals surface area contributed by atoms with Crippen molar-refractivity contribution in [2.24, 2.45) is 0 Å². The summed E-state index contributed by atoms with van der Waals surface area (Å²) < 4.78 is 10.8. The van der Waals surface area contributed by atoms with Crippen molar-refractivity contribution in [3.05, 3.63) is 58.7 Å². The van der Waals surface area contributed by atoms with Crippen LogP contribution in [0.15, 0.2) is 42.0 Å². The number of rotatable bonds is 6. The number of ether oxygens (including phenoxy) is 2. The first kappa shape index (κ1) is 23.0. The van der Waals surface area contributed by atoms with E-state index in [2.05, 4.69) is 5.32 Å². The Kier molecular flexibility index (Phi) is 6.59. The van der Waals surface area contributed by atoms with E-state index in [0.717, 1.165) is 11.1 Å². The van der Waals surface area contributed by atoms with E-state index in [1.807, 2.05) is 19.9 Å². The van der Waals surface area contributed by atoms with Crippen LogP contribution in [0.3, 0.4) is 0 Å². The molecule has 1 fully saturated rings. The van der Waals surface area contributed by atoms with Crippen molar-refractivity contribution >= 4 is 46.9 Å². The van der Waals surface area contributed by atoms with Crippen LogP contribution in [0.5, 0.6) is 11.5 Å². The molecule has 2 aromatic carbocycles. The van der Waals surface area contributed by atoms with Gasteiger partial charge in [-0.3, -0.25) is 19.8 Å². The average Bonchev–Trinajstić information content (AvgIpc) is 2.74. The highest BCUT2D eigenvalue weighted by molar-refractivity contribution is 7.80. The molecule has 0 unspecified atom stereocenters. The zero-order valence-corrected chi connectivity index (χ0v) is 18.8. The molecule has 166 valence electrons. The van der Waals surface area contributed by atoms with Gasteiger partial charge in [0.1, 0.15) is 5.57 Å². The zero-order chi connectivity index (χ0) is 23.6. The van der Waals surface area contributed by atoms with E-state index in [1.165, 1.54) is 25.0 Å². The van der Waals surface area contributed by atoms with Crippen LogP contribution in [0.4, 0.5) is 5.69 Å². The Labute approximate surface area is 190 Å². The number of para-hydroxylation sites is 1. The number of carbonyl (C=O) groups excluding carboxylic acids is 2. The fourth-order valence-electron chi connectivity index (χ4n) is 3.17. The molecule has 1 aliphatic rings. The number of hydrogen-bond donors (Lipinski definition) is 2. The Morgan fingerprint density at radius 2 is 1.88 bits per heavy atom. The minimum absolute atomic E-state index is 0.0209. The monoisotopic (exact) mass is 454 g/mol. The van der Waals surface area contributed by atoms with Crippen molar-refractivity contribution in [1.29, 1.82) is 0 Å². The quantitative estimate of drug-likeness (QED) is 0.393. The van der Waals surface area contributed by atoms with Crippen molar-refractivity contribution in [3.8, 4) is 11.5 Å². The first-order valence-electron chi connectivity index (χ1n) is 9.69. The molecule has 0 bridgehead atoms. The molecule has 1 heterocycles. The third-order valence-corrected chi connectivity index (χ3v) is 5.37. The summed E-state index contributed by atoms with van der Waals surface area (Å²) in [5.41, 5.74) is 2.50. The molecule has 2 amide bonds. The van der Waals surface area contributed by atoms with Crippen molar-refractivity contribution in [2.75, 3.05) is 12.0 Å². The second-order valence-electron chi connectivity index (χ2n) is 7.15. The summed E-state index contributed by atoms with van der Waals surface area (Å²) in [5, 5.41) is 11.7. The van der Waals surface area contributed by atoms with E-state index in [9.17, 15) is 19.5 Å². The van der Waals surface area contributed by atoms with Crippen LogP contribution < -0.4 is 19.7 Å². The summed E-state index contributed by atoms with van der Waals surface area (Å²) in [4.78, 5) is 38.6. The first-order chi connectivity index (χ1) is 15.1. The fourth-order valence-corrected chi connectivity index (χ4v) is 3.44. The van der Waals surface area contributed by atoms with Crippen LogP contribution in [-0.4, -0.2) is 41.2 Å². The maximum absolute atomic E-state index is 13.4. The lowest BCUT2D eigenvalue weighted by Gasteiger charge is -2.30. The molecule has 0 saturated carbocycles. The number of carbonyl (C=O) groups is 3. The number of thiocarbonyl (C=S) groups is 1. The van der Waals surface area contributed by atoms with Gasteiger partial charge in [0.15, 0.2) is 22.7 Å². The summed E-state index contributed by atoms with van der Waals surface area (Å²) in [6, 6.07) is 10.3. The second-order valence-corrected chi connectivity index (χ2v) is 7.54. The smallest absolute Gasteiger partial charge is 0.344 e. The predicted molar refractivity (Wildman–Crippen MR) is 123 cm³/mol. The highest BCUT2D eigenvalue weighted by atomic mass is 32.1. The second kappa shape index (κ2) is 9.19. The number of amides is 2. The molecule has 3 rings (SSSR count). The third-order valence-electron chi connectivity index (χ3n) is 5.09. The van der Waals surface area contributed by atoms with Gasteiger partial charge in [-0.05, 0) is 62.3 Å². The van der Waals surface area contributed by atoms with Crippen LogP contribution in [0.2, 0.25) is 0 Å². The summed E-state index contributed by atoms with van der Waals surface area (Å²) in [7, 11) is 1.41. The molecule has 0 radical (unpaired) electrons. The summed E-state index contributed by atoms with van der Waals surface area (Å²) >= 11 is 5.27. The van der Waals surface area contributed by atoms with Gasteiger partial charge < -0.3 is 14.6 Å². The molecule has 0 aromatic heterocycles. The van der Waals surface area contributed by atoms with Crippen molar-refractivity contribution in [3.63, 3.8) is 0 Å². The van der Waals surface area contributed by atoms with E-state index < -0.39 is 23.9 Å². The highest BCUT2D eigenvalue weighted by Gasteiger charge is 2.35. The molecular formula is C23H22N2O6S.